The van der Waals surface area contributed by atoms with Gasteiger partial charge in [-0.1, -0.05) is 23.5 Å². The summed E-state index contributed by atoms with van der Waals surface area (Å²) in [5, 5.41) is 12.8. The molecule has 1 aromatic carbocycles. The molecule has 1 heterocycles. The molecule has 2 aromatic rings. The van der Waals surface area contributed by atoms with E-state index in [9.17, 15) is 0 Å². The molecule has 0 aliphatic heterocycles. The first-order valence-corrected chi connectivity index (χ1v) is 5.84. The molecule has 0 radical (unpaired) electrons. The van der Waals surface area contributed by atoms with E-state index in [1.807, 2.05) is 24.3 Å². The topological polar surface area (TPSA) is 57.9 Å². The zero-order valence-corrected chi connectivity index (χ0v) is 10.3. The minimum absolute atomic E-state index is 0.582. The summed E-state index contributed by atoms with van der Waals surface area (Å²) in [6.45, 7) is 0. The molecule has 0 atom stereocenters. The molecule has 0 bridgehead atoms. The first-order valence-electron chi connectivity index (χ1n) is 5.02. The van der Waals surface area contributed by atoms with Gasteiger partial charge in [0.1, 0.15) is 22.4 Å². The predicted octanol–water partition coefficient (Wildman–Crippen LogP) is 2.73. The van der Waals surface area contributed by atoms with Crippen LogP contribution in [0.2, 0.25) is 0 Å². The fourth-order valence-corrected chi connectivity index (χ4v) is 2.26. The fraction of sp³-hybridized carbons (Fsp3) is 0.167. The molecule has 4 nitrogen and oxygen atoms in total. The molecular formula is C12H11N3OS. The number of thiazole rings is 1. The number of benzene rings is 1. The Kier molecular flexibility index (Phi) is 3.26. The summed E-state index contributed by atoms with van der Waals surface area (Å²) >= 11 is 1.33. The van der Waals surface area contributed by atoms with E-state index in [4.69, 9.17) is 10.00 Å². The SMILES string of the molecule is CNc1nc(-c2ccccc2OC)c(C#N)s1. The normalized spacial score (nSPS) is 9.71. The lowest BCUT2D eigenvalue weighted by molar-refractivity contribution is 0.416. The first kappa shape index (κ1) is 11.4. The van der Waals surface area contributed by atoms with Crippen molar-refractivity contribution in [2.45, 2.75) is 0 Å². The van der Waals surface area contributed by atoms with Gasteiger partial charge in [0, 0.05) is 12.6 Å². The molecular weight excluding hydrogens is 234 g/mol. The average molecular weight is 245 g/mol. The Morgan fingerprint density at radius 2 is 2.18 bits per heavy atom. The van der Waals surface area contributed by atoms with Crippen molar-refractivity contribution in [1.29, 1.82) is 5.26 Å². The highest BCUT2D eigenvalue weighted by Crippen LogP contribution is 2.35. The molecule has 0 saturated carbocycles. The van der Waals surface area contributed by atoms with Crippen LogP contribution in [-0.4, -0.2) is 19.1 Å². The van der Waals surface area contributed by atoms with Gasteiger partial charge in [-0.05, 0) is 12.1 Å². The maximum Gasteiger partial charge on any atom is 0.184 e. The number of nitriles is 1. The molecule has 17 heavy (non-hydrogen) atoms. The third kappa shape index (κ3) is 2.08. The summed E-state index contributed by atoms with van der Waals surface area (Å²) in [6.07, 6.45) is 0. The van der Waals surface area contributed by atoms with Gasteiger partial charge in [0.15, 0.2) is 5.13 Å². The largest absolute Gasteiger partial charge is 0.496 e. The second kappa shape index (κ2) is 4.85. The Balaban J connectivity index is 2.60. The summed E-state index contributed by atoms with van der Waals surface area (Å²) in [5.41, 5.74) is 1.50. The van der Waals surface area contributed by atoms with E-state index >= 15 is 0 Å². The summed E-state index contributed by atoms with van der Waals surface area (Å²) < 4.78 is 5.28. The van der Waals surface area contributed by atoms with Crippen LogP contribution in [0.1, 0.15) is 4.88 Å². The highest BCUT2D eigenvalue weighted by atomic mass is 32.1. The summed E-state index contributed by atoms with van der Waals surface area (Å²) in [7, 11) is 3.39. The lowest BCUT2D eigenvalue weighted by Gasteiger charge is -2.05. The Bertz CT molecular complexity index is 571. The molecule has 86 valence electrons. The number of para-hydroxylation sites is 1. The van der Waals surface area contributed by atoms with Gasteiger partial charge in [-0.15, -0.1) is 0 Å². The fourth-order valence-electron chi connectivity index (χ4n) is 1.53. The molecule has 0 aliphatic rings. The summed E-state index contributed by atoms with van der Waals surface area (Å²) in [5.74, 6) is 0.719. The van der Waals surface area contributed by atoms with Gasteiger partial charge in [-0.2, -0.15) is 5.26 Å². The van der Waals surface area contributed by atoms with Crippen molar-refractivity contribution in [3.8, 4) is 23.1 Å². The Hall–Kier alpha value is -2.06. The molecule has 0 aliphatic carbocycles. The maximum atomic E-state index is 9.10. The molecule has 0 unspecified atom stereocenters. The van der Waals surface area contributed by atoms with Crippen molar-refractivity contribution in [1.82, 2.24) is 4.98 Å². The van der Waals surface area contributed by atoms with Gasteiger partial charge in [-0.25, -0.2) is 4.98 Å². The zero-order valence-electron chi connectivity index (χ0n) is 9.52. The summed E-state index contributed by atoms with van der Waals surface area (Å²) in [6, 6.07) is 9.70. The van der Waals surface area contributed by atoms with Gasteiger partial charge in [-0.3, -0.25) is 0 Å². The molecule has 0 saturated heterocycles. The minimum atomic E-state index is 0.582. The molecule has 1 aromatic heterocycles. The molecule has 0 spiro atoms. The molecule has 0 fully saturated rings. The van der Waals surface area contributed by atoms with Crippen LogP contribution in [0.15, 0.2) is 24.3 Å². The monoisotopic (exact) mass is 245 g/mol. The van der Waals surface area contributed by atoms with E-state index in [0.717, 1.165) is 16.4 Å². The molecule has 2 rings (SSSR count). The number of nitrogens with one attached hydrogen (secondary N) is 1. The number of methoxy groups -OCH3 is 1. The number of hydrogen-bond donors (Lipinski definition) is 1. The van der Waals surface area contributed by atoms with E-state index in [2.05, 4.69) is 16.4 Å². The van der Waals surface area contributed by atoms with E-state index in [0.29, 0.717) is 10.6 Å². The van der Waals surface area contributed by atoms with Crippen LogP contribution in [0.25, 0.3) is 11.3 Å². The predicted molar refractivity (Wildman–Crippen MR) is 68.4 cm³/mol. The maximum absolute atomic E-state index is 9.10. The van der Waals surface area contributed by atoms with Gasteiger partial charge >= 0.3 is 0 Å². The second-order valence-corrected chi connectivity index (χ2v) is 4.26. The number of hydrogen-bond acceptors (Lipinski definition) is 5. The first-order chi connectivity index (χ1) is 8.30. The van der Waals surface area contributed by atoms with Crippen LogP contribution < -0.4 is 10.1 Å². The lowest BCUT2D eigenvalue weighted by Crippen LogP contribution is -1.90. The number of anilines is 1. The van der Waals surface area contributed by atoms with E-state index < -0.39 is 0 Å². The van der Waals surface area contributed by atoms with Crippen molar-refractivity contribution in [2.24, 2.45) is 0 Å². The number of nitrogens with zero attached hydrogens (tertiary/aromatic N) is 2. The third-order valence-electron chi connectivity index (χ3n) is 2.30. The quantitative estimate of drug-likeness (QED) is 0.903. The number of aromatic nitrogens is 1. The van der Waals surface area contributed by atoms with E-state index in [-0.39, 0.29) is 0 Å². The van der Waals surface area contributed by atoms with Crippen LogP contribution in [0.4, 0.5) is 5.13 Å². The zero-order chi connectivity index (χ0) is 12.3. The van der Waals surface area contributed by atoms with E-state index in [1.54, 1.807) is 14.2 Å². The van der Waals surface area contributed by atoms with Crippen LogP contribution in [0.3, 0.4) is 0 Å². The Morgan fingerprint density at radius 1 is 1.41 bits per heavy atom. The van der Waals surface area contributed by atoms with Crippen LogP contribution in [0.5, 0.6) is 5.75 Å². The molecule has 0 amide bonds. The van der Waals surface area contributed by atoms with Gasteiger partial charge in [0.05, 0.1) is 7.11 Å². The van der Waals surface area contributed by atoms with Crippen molar-refractivity contribution < 1.29 is 4.74 Å². The molecule has 1 N–H and O–H groups in total. The van der Waals surface area contributed by atoms with Crippen LogP contribution >= 0.6 is 11.3 Å². The third-order valence-corrected chi connectivity index (χ3v) is 3.28. The van der Waals surface area contributed by atoms with Crippen LogP contribution in [-0.2, 0) is 0 Å². The van der Waals surface area contributed by atoms with Crippen LogP contribution in [0, 0.1) is 11.3 Å². The van der Waals surface area contributed by atoms with Gasteiger partial charge in [0.25, 0.3) is 0 Å². The second-order valence-electron chi connectivity index (χ2n) is 3.26. The standard InChI is InChI=1S/C12H11N3OS/c1-14-12-15-11(10(7-13)17-12)8-5-3-4-6-9(8)16-2/h3-6H,1-2H3,(H,14,15). The molecule has 5 heteroatoms. The number of ether oxygens (including phenoxy) is 1. The van der Waals surface area contributed by atoms with Gasteiger partial charge < -0.3 is 10.1 Å². The number of rotatable bonds is 3. The summed E-state index contributed by atoms with van der Waals surface area (Å²) in [4.78, 5) is 4.97. The Morgan fingerprint density at radius 3 is 2.82 bits per heavy atom. The highest BCUT2D eigenvalue weighted by Gasteiger charge is 2.15. The highest BCUT2D eigenvalue weighted by molar-refractivity contribution is 7.16. The average Bonchev–Trinajstić information content (AvgIpc) is 2.81. The minimum Gasteiger partial charge on any atom is -0.496 e. The lowest BCUT2D eigenvalue weighted by atomic mass is 10.1. The van der Waals surface area contributed by atoms with Crippen molar-refractivity contribution in [3.05, 3.63) is 29.1 Å². The van der Waals surface area contributed by atoms with Crippen molar-refractivity contribution in [2.75, 3.05) is 19.5 Å². The smallest absolute Gasteiger partial charge is 0.184 e. The van der Waals surface area contributed by atoms with Gasteiger partial charge in [0.2, 0.25) is 0 Å². The Labute approximate surface area is 103 Å². The van der Waals surface area contributed by atoms with E-state index in [1.165, 1.54) is 11.3 Å². The van der Waals surface area contributed by atoms with Crippen molar-refractivity contribution >= 4 is 16.5 Å². The van der Waals surface area contributed by atoms with Crippen molar-refractivity contribution in [3.63, 3.8) is 0 Å².